The van der Waals surface area contributed by atoms with Gasteiger partial charge >= 0.3 is 6.03 Å². The Morgan fingerprint density at radius 3 is 2.91 bits per heavy atom. The minimum atomic E-state index is -0.212. The van der Waals surface area contributed by atoms with Crippen molar-refractivity contribution in [3.8, 4) is 0 Å². The third kappa shape index (κ3) is 4.89. The Labute approximate surface area is 130 Å². The molecule has 0 spiro atoms. The Hall–Kier alpha value is -2.34. The second-order valence-corrected chi connectivity index (χ2v) is 5.14. The zero-order valence-corrected chi connectivity index (χ0v) is 13.0. The van der Waals surface area contributed by atoms with Gasteiger partial charge in [0.1, 0.15) is 0 Å². The molecule has 2 amide bonds. The molecule has 0 fully saturated rings. The number of hydrogen-bond donors (Lipinski definition) is 2. The van der Waals surface area contributed by atoms with Crippen LogP contribution in [0.4, 0.5) is 10.5 Å². The van der Waals surface area contributed by atoms with Crippen LogP contribution in [0.5, 0.6) is 0 Å². The molecule has 6 nitrogen and oxygen atoms in total. The molecule has 0 saturated carbocycles. The van der Waals surface area contributed by atoms with Crippen molar-refractivity contribution in [3.63, 3.8) is 0 Å². The number of para-hydroxylation sites is 1. The van der Waals surface area contributed by atoms with Crippen molar-refractivity contribution in [3.05, 3.63) is 48.3 Å². The predicted octanol–water partition coefficient (Wildman–Crippen LogP) is 2.48. The molecule has 2 rings (SSSR count). The van der Waals surface area contributed by atoms with Gasteiger partial charge in [-0.1, -0.05) is 18.2 Å². The molecule has 2 aromatic rings. The van der Waals surface area contributed by atoms with Gasteiger partial charge in [-0.05, 0) is 31.0 Å². The highest BCUT2D eigenvalue weighted by molar-refractivity contribution is 5.90. The van der Waals surface area contributed by atoms with Crippen LogP contribution in [-0.2, 0) is 11.3 Å². The molecule has 0 aliphatic carbocycles. The third-order valence-electron chi connectivity index (χ3n) is 3.29. The van der Waals surface area contributed by atoms with Gasteiger partial charge in [-0.15, -0.1) is 0 Å². The zero-order chi connectivity index (χ0) is 15.8. The number of hydrogen-bond acceptors (Lipinski definition) is 3. The predicted molar refractivity (Wildman–Crippen MR) is 85.9 cm³/mol. The van der Waals surface area contributed by atoms with Crippen molar-refractivity contribution in [1.29, 1.82) is 0 Å². The molecule has 0 aliphatic heterocycles. The topological polar surface area (TPSA) is 68.2 Å². The quantitative estimate of drug-likeness (QED) is 0.825. The minimum absolute atomic E-state index is 0.0539. The van der Waals surface area contributed by atoms with Crippen LogP contribution in [0.3, 0.4) is 0 Å². The number of rotatable bonds is 7. The van der Waals surface area contributed by atoms with E-state index in [-0.39, 0.29) is 12.1 Å². The molecule has 1 aromatic carbocycles. The highest BCUT2D eigenvalue weighted by atomic mass is 16.5. The van der Waals surface area contributed by atoms with E-state index in [1.807, 2.05) is 48.1 Å². The molecule has 1 atom stereocenters. The van der Waals surface area contributed by atoms with Crippen molar-refractivity contribution < 1.29 is 9.53 Å². The summed E-state index contributed by atoms with van der Waals surface area (Å²) in [6, 6.07) is 9.43. The maximum Gasteiger partial charge on any atom is 0.319 e. The average Bonchev–Trinajstić information content (AvgIpc) is 3.00. The van der Waals surface area contributed by atoms with E-state index in [9.17, 15) is 4.79 Å². The van der Waals surface area contributed by atoms with Gasteiger partial charge in [0.2, 0.25) is 0 Å². The minimum Gasteiger partial charge on any atom is -0.385 e. The van der Waals surface area contributed by atoms with Gasteiger partial charge in [0.05, 0.1) is 6.54 Å². The second-order valence-electron chi connectivity index (χ2n) is 5.14. The SMILES string of the molecule is COCC[C@H](C)NC(=O)Nc1ccccc1Cn1cccn1. The maximum atomic E-state index is 12.1. The molecular formula is C16H22N4O2. The fraction of sp³-hybridized carbons (Fsp3) is 0.375. The van der Waals surface area contributed by atoms with Crippen LogP contribution in [0.1, 0.15) is 18.9 Å². The lowest BCUT2D eigenvalue weighted by atomic mass is 10.2. The lowest BCUT2D eigenvalue weighted by molar-refractivity contribution is 0.185. The van der Waals surface area contributed by atoms with Crippen LogP contribution >= 0.6 is 0 Å². The standard InChI is InChI=1S/C16H22N4O2/c1-13(8-11-22-2)18-16(21)19-15-7-4-3-6-14(15)12-20-10-5-9-17-20/h3-7,9-10,13H,8,11-12H2,1-2H3,(H2,18,19,21)/t13-/m0/s1. The van der Waals surface area contributed by atoms with Gasteiger partial charge in [-0.3, -0.25) is 4.68 Å². The number of anilines is 1. The normalized spacial score (nSPS) is 11.9. The number of nitrogens with one attached hydrogen (secondary N) is 2. The molecule has 0 aliphatic rings. The summed E-state index contributed by atoms with van der Waals surface area (Å²) in [6.07, 6.45) is 4.41. The van der Waals surface area contributed by atoms with Crippen LogP contribution in [0.25, 0.3) is 0 Å². The molecule has 0 radical (unpaired) electrons. The van der Waals surface area contributed by atoms with Gasteiger partial charge in [-0.25, -0.2) is 4.79 Å². The van der Waals surface area contributed by atoms with Crippen molar-refractivity contribution in [2.45, 2.75) is 25.9 Å². The van der Waals surface area contributed by atoms with E-state index in [1.54, 1.807) is 13.3 Å². The number of carbonyl (C=O) groups excluding carboxylic acids is 1. The summed E-state index contributed by atoms with van der Waals surface area (Å²) in [5.74, 6) is 0. The third-order valence-corrected chi connectivity index (χ3v) is 3.29. The van der Waals surface area contributed by atoms with Crippen LogP contribution in [0.2, 0.25) is 0 Å². The molecule has 22 heavy (non-hydrogen) atoms. The number of benzene rings is 1. The Morgan fingerprint density at radius 2 is 2.18 bits per heavy atom. The molecule has 1 heterocycles. The number of methoxy groups -OCH3 is 1. The van der Waals surface area contributed by atoms with Crippen LogP contribution in [0, 0.1) is 0 Å². The van der Waals surface area contributed by atoms with Crippen LogP contribution < -0.4 is 10.6 Å². The van der Waals surface area contributed by atoms with E-state index in [2.05, 4.69) is 15.7 Å². The molecule has 0 bridgehead atoms. The molecule has 1 aromatic heterocycles. The van der Waals surface area contributed by atoms with Gasteiger partial charge < -0.3 is 15.4 Å². The first-order valence-corrected chi connectivity index (χ1v) is 7.31. The van der Waals surface area contributed by atoms with Crippen molar-refractivity contribution >= 4 is 11.7 Å². The Morgan fingerprint density at radius 1 is 1.36 bits per heavy atom. The molecule has 118 valence electrons. The van der Waals surface area contributed by atoms with Gasteiger partial charge in [-0.2, -0.15) is 5.10 Å². The first-order valence-electron chi connectivity index (χ1n) is 7.31. The smallest absolute Gasteiger partial charge is 0.319 e. The maximum absolute atomic E-state index is 12.1. The summed E-state index contributed by atoms with van der Waals surface area (Å²) in [5, 5.41) is 9.98. The molecule has 2 N–H and O–H groups in total. The Bertz CT molecular complexity index is 584. The van der Waals surface area contributed by atoms with Gasteiger partial charge in [0, 0.05) is 37.8 Å². The Balaban J connectivity index is 1.95. The molecule has 6 heteroatoms. The summed E-state index contributed by atoms with van der Waals surface area (Å²) in [6.45, 7) is 3.19. The van der Waals surface area contributed by atoms with Crippen molar-refractivity contribution in [1.82, 2.24) is 15.1 Å². The van der Waals surface area contributed by atoms with E-state index in [0.29, 0.717) is 13.2 Å². The molecule has 0 saturated heterocycles. The highest BCUT2D eigenvalue weighted by Crippen LogP contribution is 2.16. The summed E-state index contributed by atoms with van der Waals surface area (Å²) in [7, 11) is 1.65. The van der Waals surface area contributed by atoms with Crippen molar-refractivity contribution in [2.24, 2.45) is 0 Å². The van der Waals surface area contributed by atoms with E-state index in [0.717, 1.165) is 17.7 Å². The van der Waals surface area contributed by atoms with Crippen LogP contribution in [0.15, 0.2) is 42.7 Å². The van der Waals surface area contributed by atoms with Gasteiger partial charge in [0.25, 0.3) is 0 Å². The van der Waals surface area contributed by atoms with Crippen LogP contribution in [-0.4, -0.2) is 35.6 Å². The number of ether oxygens (including phenoxy) is 1. The van der Waals surface area contributed by atoms with E-state index < -0.39 is 0 Å². The summed E-state index contributed by atoms with van der Waals surface area (Å²) in [4.78, 5) is 12.1. The van der Waals surface area contributed by atoms with Crippen molar-refractivity contribution in [2.75, 3.05) is 19.0 Å². The summed E-state index contributed by atoms with van der Waals surface area (Å²) < 4.78 is 6.83. The number of urea groups is 1. The lowest BCUT2D eigenvalue weighted by Crippen LogP contribution is -2.36. The largest absolute Gasteiger partial charge is 0.385 e. The Kier molecular flexibility index (Phi) is 5.97. The fourth-order valence-electron chi connectivity index (χ4n) is 2.10. The molecular weight excluding hydrogens is 280 g/mol. The number of nitrogens with zero attached hydrogens (tertiary/aromatic N) is 2. The average molecular weight is 302 g/mol. The highest BCUT2D eigenvalue weighted by Gasteiger charge is 2.09. The summed E-state index contributed by atoms with van der Waals surface area (Å²) in [5.41, 5.74) is 1.79. The number of amides is 2. The second kappa shape index (κ2) is 8.19. The van der Waals surface area contributed by atoms with E-state index >= 15 is 0 Å². The van der Waals surface area contributed by atoms with E-state index in [1.165, 1.54) is 0 Å². The number of aromatic nitrogens is 2. The fourth-order valence-corrected chi connectivity index (χ4v) is 2.10. The lowest BCUT2D eigenvalue weighted by Gasteiger charge is -2.16. The zero-order valence-electron chi connectivity index (χ0n) is 13.0. The monoisotopic (exact) mass is 302 g/mol. The first kappa shape index (κ1) is 16.0. The summed E-state index contributed by atoms with van der Waals surface area (Å²) >= 11 is 0. The number of carbonyl (C=O) groups is 1. The van der Waals surface area contributed by atoms with Gasteiger partial charge in [0.15, 0.2) is 0 Å². The first-order chi connectivity index (χ1) is 10.7. The molecule has 0 unspecified atom stereocenters. The van der Waals surface area contributed by atoms with E-state index in [4.69, 9.17) is 4.74 Å².